The summed E-state index contributed by atoms with van der Waals surface area (Å²) < 4.78 is 24.3. The van der Waals surface area contributed by atoms with Crippen molar-refractivity contribution in [3.63, 3.8) is 0 Å². The fourth-order valence-corrected chi connectivity index (χ4v) is 3.44. The van der Waals surface area contributed by atoms with Crippen LogP contribution in [0.4, 0.5) is 9.18 Å². The normalized spacial score (nSPS) is 15.1. The number of methoxy groups -OCH3 is 1. The van der Waals surface area contributed by atoms with Crippen LogP contribution in [0, 0.1) is 5.82 Å². The lowest BCUT2D eigenvalue weighted by atomic mass is 10.1. The van der Waals surface area contributed by atoms with E-state index in [2.05, 4.69) is 0 Å². The van der Waals surface area contributed by atoms with E-state index in [1.807, 2.05) is 0 Å². The summed E-state index contributed by atoms with van der Waals surface area (Å²) in [5, 5.41) is 8.17. The molecule has 1 aliphatic rings. The number of ether oxygens (including phenoxy) is 2. The SMILES string of the molecule is COc1cc(/C=C2/SC(=O)N(CC(=O)O)C2=O)ccc1OCc1cccc(F)c1. The summed E-state index contributed by atoms with van der Waals surface area (Å²) in [6.07, 6.45) is 1.48. The van der Waals surface area contributed by atoms with Gasteiger partial charge in [-0.25, -0.2) is 4.39 Å². The van der Waals surface area contributed by atoms with Crippen molar-refractivity contribution in [3.8, 4) is 11.5 Å². The van der Waals surface area contributed by atoms with Crippen molar-refractivity contribution in [2.75, 3.05) is 13.7 Å². The second kappa shape index (κ2) is 8.78. The minimum absolute atomic E-state index is 0.117. The van der Waals surface area contributed by atoms with Gasteiger partial charge in [-0.05, 0) is 53.2 Å². The van der Waals surface area contributed by atoms with Crippen molar-refractivity contribution in [1.29, 1.82) is 0 Å². The first-order chi connectivity index (χ1) is 13.9. The maximum Gasteiger partial charge on any atom is 0.323 e. The van der Waals surface area contributed by atoms with Gasteiger partial charge in [0.15, 0.2) is 11.5 Å². The van der Waals surface area contributed by atoms with Crippen LogP contribution >= 0.6 is 11.8 Å². The van der Waals surface area contributed by atoms with Gasteiger partial charge in [-0.2, -0.15) is 0 Å². The van der Waals surface area contributed by atoms with Gasteiger partial charge in [0.25, 0.3) is 11.1 Å². The topological polar surface area (TPSA) is 93.1 Å². The lowest BCUT2D eigenvalue weighted by molar-refractivity contribution is -0.140. The van der Waals surface area contributed by atoms with E-state index >= 15 is 0 Å². The number of thioether (sulfide) groups is 1. The molecule has 0 unspecified atom stereocenters. The number of imide groups is 1. The number of carbonyl (C=O) groups is 3. The molecule has 0 radical (unpaired) electrons. The number of halogens is 1. The van der Waals surface area contributed by atoms with Crippen LogP contribution in [-0.4, -0.2) is 40.8 Å². The highest BCUT2D eigenvalue weighted by molar-refractivity contribution is 8.18. The number of carbonyl (C=O) groups excluding carboxylic acids is 2. The first-order valence-electron chi connectivity index (χ1n) is 8.40. The fourth-order valence-electron chi connectivity index (χ4n) is 2.60. The lowest BCUT2D eigenvalue weighted by Crippen LogP contribution is -2.33. The first-order valence-corrected chi connectivity index (χ1v) is 9.21. The standard InChI is InChI=1S/C20H16FNO6S/c1-27-16-8-12(9-17-19(25)22(10-18(23)24)20(26)29-17)5-6-15(16)28-11-13-3-2-4-14(21)7-13/h2-9H,10-11H2,1H3,(H,23,24)/b17-9+. The second-order valence-electron chi connectivity index (χ2n) is 5.99. The summed E-state index contributed by atoms with van der Waals surface area (Å²) >= 11 is 0.673. The van der Waals surface area contributed by atoms with Crippen LogP contribution in [0.15, 0.2) is 47.4 Å². The van der Waals surface area contributed by atoms with Gasteiger partial charge in [0.1, 0.15) is 19.0 Å². The predicted octanol–water partition coefficient (Wildman–Crippen LogP) is 3.53. The largest absolute Gasteiger partial charge is 0.493 e. The van der Waals surface area contributed by atoms with E-state index in [0.717, 1.165) is 0 Å². The molecule has 2 amide bonds. The third-order valence-electron chi connectivity index (χ3n) is 3.94. The zero-order chi connectivity index (χ0) is 21.0. The number of rotatable bonds is 7. The molecular formula is C20H16FNO6S. The highest BCUT2D eigenvalue weighted by Crippen LogP contribution is 2.34. The Hall–Kier alpha value is -3.33. The molecule has 0 saturated carbocycles. The van der Waals surface area contributed by atoms with Gasteiger partial charge in [0.2, 0.25) is 0 Å². The van der Waals surface area contributed by atoms with Crippen molar-refractivity contribution >= 4 is 35.0 Å². The first kappa shape index (κ1) is 20.4. The molecule has 29 heavy (non-hydrogen) atoms. The van der Waals surface area contributed by atoms with Gasteiger partial charge >= 0.3 is 5.97 Å². The number of carboxylic acid groups (broad SMARTS) is 1. The van der Waals surface area contributed by atoms with Crippen LogP contribution in [0.25, 0.3) is 6.08 Å². The van der Waals surface area contributed by atoms with Gasteiger partial charge in [-0.1, -0.05) is 18.2 Å². The molecule has 0 bridgehead atoms. The Bertz CT molecular complexity index is 1010. The van der Waals surface area contributed by atoms with Gasteiger partial charge in [-0.3, -0.25) is 19.3 Å². The maximum atomic E-state index is 13.3. The van der Waals surface area contributed by atoms with Crippen LogP contribution in [0.3, 0.4) is 0 Å². The van der Waals surface area contributed by atoms with E-state index in [1.165, 1.54) is 25.3 Å². The Morgan fingerprint density at radius 1 is 1.21 bits per heavy atom. The Kier molecular flexibility index (Phi) is 6.18. The Morgan fingerprint density at radius 2 is 2.00 bits per heavy atom. The van der Waals surface area contributed by atoms with E-state index in [-0.39, 0.29) is 17.3 Å². The molecule has 150 valence electrons. The predicted molar refractivity (Wildman–Crippen MR) is 104 cm³/mol. The van der Waals surface area contributed by atoms with Crippen LogP contribution in [0.1, 0.15) is 11.1 Å². The summed E-state index contributed by atoms with van der Waals surface area (Å²) in [7, 11) is 1.45. The highest BCUT2D eigenvalue weighted by atomic mass is 32.2. The molecule has 0 spiro atoms. The molecule has 7 nitrogen and oxygen atoms in total. The Balaban J connectivity index is 1.76. The van der Waals surface area contributed by atoms with Gasteiger partial charge < -0.3 is 14.6 Å². The molecule has 3 rings (SSSR count). The zero-order valence-corrected chi connectivity index (χ0v) is 16.1. The number of carboxylic acids is 1. The number of benzene rings is 2. The zero-order valence-electron chi connectivity index (χ0n) is 15.3. The molecular weight excluding hydrogens is 401 g/mol. The van der Waals surface area contributed by atoms with Crippen molar-refractivity contribution in [3.05, 3.63) is 64.3 Å². The van der Waals surface area contributed by atoms with Crippen LogP contribution in [0.5, 0.6) is 11.5 Å². The van der Waals surface area contributed by atoms with Crippen LogP contribution in [0.2, 0.25) is 0 Å². The molecule has 1 fully saturated rings. The number of hydrogen-bond acceptors (Lipinski definition) is 6. The summed E-state index contributed by atoms with van der Waals surface area (Å²) in [6.45, 7) is -0.542. The van der Waals surface area contributed by atoms with Crippen LogP contribution < -0.4 is 9.47 Å². The molecule has 1 N–H and O–H groups in total. The molecule has 0 aliphatic carbocycles. The molecule has 2 aromatic rings. The van der Waals surface area contributed by atoms with E-state index < -0.39 is 23.7 Å². The summed E-state index contributed by atoms with van der Waals surface area (Å²) in [6, 6.07) is 10.9. The molecule has 0 atom stereocenters. The van der Waals surface area contributed by atoms with Crippen molar-refractivity contribution < 1.29 is 33.4 Å². The monoisotopic (exact) mass is 417 g/mol. The maximum absolute atomic E-state index is 13.3. The van der Waals surface area contributed by atoms with Crippen molar-refractivity contribution in [2.45, 2.75) is 6.61 Å². The summed E-state index contributed by atoms with van der Waals surface area (Å²) in [5.41, 5.74) is 1.23. The lowest BCUT2D eigenvalue weighted by Gasteiger charge is -2.12. The van der Waals surface area contributed by atoms with E-state index in [0.29, 0.717) is 39.3 Å². The Labute approximate surface area is 169 Å². The smallest absolute Gasteiger partial charge is 0.323 e. The highest BCUT2D eigenvalue weighted by Gasteiger charge is 2.36. The number of amides is 2. The second-order valence-corrected chi connectivity index (χ2v) is 6.98. The molecule has 2 aromatic carbocycles. The summed E-state index contributed by atoms with van der Waals surface area (Å²) in [4.78, 5) is 35.6. The number of hydrogen-bond donors (Lipinski definition) is 1. The quantitative estimate of drug-likeness (QED) is 0.689. The molecule has 1 saturated heterocycles. The minimum atomic E-state index is -1.27. The number of nitrogens with zero attached hydrogens (tertiary/aromatic N) is 1. The Morgan fingerprint density at radius 3 is 2.69 bits per heavy atom. The summed E-state index contributed by atoms with van der Waals surface area (Å²) in [5.74, 6) is -1.47. The molecule has 1 aliphatic heterocycles. The van der Waals surface area contributed by atoms with E-state index in [1.54, 1.807) is 30.3 Å². The minimum Gasteiger partial charge on any atom is -0.493 e. The van der Waals surface area contributed by atoms with Gasteiger partial charge in [0.05, 0.1) is 12.0 Å². The van der Waals surface area contributed by atoms with Gasteiger partial charge in [-0.15, -0.1) is 0 Å². The van der Waals surface area contributed by atoms with E-state index in [4.69, 9.17) is 14.6 Å². The van der Waals surface area contributed by atoms with Gasteiger partial charge in [0, 0.05) is 0 Å². The van der Waals surface area contributed by atoms with Crippen LogP contribution in [-0.2, 0) is 16.2 Å². The van der Waals surface area contributed by atoms with E-state index in [9.17, 15) is 18.8 Å². The fraction of sp³-hybridized carbons (Fsp3) is 0.150. The average molecular weight is 417 g/mol. The number of aliphatic carboxylic acids is 1. The molecule has 0 aromatic heterocycles. The average Bonchev–Trinajstić information content (AvgIpc) is 2.94. The van der Waals surface area contributed by atoms with Crippen molar-refractivity contribution in [2.24, 2.45) is 0 Å². The third-order valence-corrected chi connectivity index (χ3v) is 4.84. The third kappa shape index (κ3) is 4.94. The van der Waals surface area contributed by atoms with Crippen molar-refractivity contribution in [1.82, 2.24) is 4.90 Å². The molecule has 9 heteroatoms. The molecule has 1 heterocycles.